The summed E-state index contributed by atoms with van der Waals surface area (Å²) in [5.74, 6) is -0.444. The number of carbonyl (C=O) groups excluding carboxylic acids is 2. The summed E-state index contributed by atoms with van der Waals surface area (Å²) >= 11 is 0. The van der Waals surface area contributed by atoms with E-state index in [9.17, 15) is 9.59 Å². The number of hydrogen-bond acceptors (Lipinski definition) is 4. The molecule has 0 unspecified atom stereocenters. The van der Waals surface area contributed by atoms with Crippen molar-refractivity contribution < 1.29 is 9.59 Å². The molecular formula is C13H18N4O2. The van der Waals surface area contributed by atoms with E-state index in [1.165, 1.54) is 6.20 Å². The van der Waals surface area contributed by atoms with Crippen molar-refractivity contribution in [2.75, 3.05) is 6.54 Å². The molecule has 0 saturated heterocycles. The molecule has 1 aromatic heterocycles. The Labute approximate surface area is 112 Å². The van der Waals surface area contributed by atoms with Crippen LogP contribution in [0.15, 0.2) is 29.6 Å². The first-order valence-corrected chi connectivity index (χ1v) is 6.13. The van der Waals surface area contributed by atoms with E-state index in [0.29, 0.717) is 17.8 Å². The molecule has 1 rings (SSSR count). The summed E-state index contributed by atoms with van der Waals surface area (Å²) in [6.45, 7) is 4.32. The lowest BCUT2D eigenvalue weighted by atomic mass is 10.3. The van der Waals surface area contributed by atoms with Crippen molar-refractivity contribution in [2.24, 2.45) is 5.10 Å². The minimum atomic E-state index is -0.346. The highest BCUT2D eigenvalue weighted by atomic mass is 16.2. The Balaban J connectivity index is 2.43. The smallest absolute Gasteiger partial charge is 0.272 e. The van der Waals surface area contributed by atoms with Crippen LogP contribution in [0, 0.1) is 0 Å². The molecule has 0 aromatic carbocycles. The second kappa shape index (κ2) is 7.97. The molecule has 6 nitrogen and oxygen atoms in total. The van der Waals surface area contributed by atoms with Crippen molar-refractivity contribution in [3.05, 3.63) is 30.1 Å². The van der Waals surface area contributed by atoms with E-state index in [-0.39, 0.29) is 18.2 Å². The average Bonchev–Trinajstić information content (AvgIpc) is 2.43. The molecule has 0 aliphatic heterocycles. The number of aromatic nitrogens is 1. The molecule has 1 aromatic rings. The molecule has 6 heteroatoms. The first kappa shape index (κ1) is 14.8. The van der Waals surface area contributed by atoms with E-state index in [1.54, 1.807) is 25.3 Å². The van der Waals surface area contributed by atoms with Crippen LogP contribution in [0.1, 0.15) is 37.0 Å². The summed E-state index contributed by atoms with van der Waals surface area (Å²) in [5.41, 5.74) is 3.36. The van der Waals surface area contributed by atoms with E-state index in [2.05, 4.69) is 20.8 Å². The number of pyridine rings is 1. The fourth-order valence-corrected chi connectivity index (χ4v) is 1.31. The standard InChI is InChI=1S/C13H18N4O2/c1-3-6-15-12(18)8-10(2)16-17-13(19)11-5-4-7-14-9-11/h4-5,7,9H,3,6,8H2,1-2H3,(H,15,18)(H,17,19). The van der Waals surface area contributed by atoms with Crippen molar-refractivity contribution in [3.63, 3.8) is 0 Å². The Morgan fingerprint density at radius 1 is 1.42 bits per heavy atom. The van der Waals surface area contributed by atoms with Gasteiger partial charge in [-0.25, -0.2) is 5.43 Å². The van der Waals surface area contributed by atoms with Crippen molar-refractivity contribution in [1.29, 1.82) is 0 Å². The molecule has 0 aliphatic rings. The Hall–Kier alpha value is -2.24. The summed E-state index contributed by atoms with van der Waals surface area (Å²) in [6.07, 6.45) is 4.10. The highest BCUT2D eigenvalue weighted by molar-refractivity contribution is 6.01. The fourth-order valence-electron chi connectivity index (χ4n) is 1.31. The van der Waals surface area contributed by atoms with Crippen molar-refractivity contribution in [1.82, 2.24) is 15.7 Å². The zero-order chi connectivity index (χ0) is 14.1. The molecule has 0 bridgehead atoms. The molecule has 102 valence electrons. The van der Waals surface area contributed by atoms with Gasteiger partial charge in [-0.1, -0.05) is 6.92 Å². The van der Waals surface area contributed by atoms with Gasteiger partial charge in [0.1, 0.15) is 0 Å². The average molecular weight is 262 g/mol. The number of carbonyl (C=O) groups is 2. The maximum Gasteiger partial charge on any atom is 0.272 e. The van der Waals surface area contributed by atoms with Crippen molar-refractivity contribution >= 4 is 17.5 Å². The summed E-state index contributed by atoms with van der Waals surface area (Å²) in [7, 11) is 0. The number of amides is 2. The van der Waals surface area contributed by atoms with E-state index in [4.69, 9.17) is 0 Å². The molecular weight excluding hydrogens is 244 g/mol. The summed E-state index contributed by atoms with van der Waals surface area (Å²) in [6, 6.07) is 3.31. The van der Waals surface area contributed by atoms with E-state index >= 15 is 0 Å². The number of hydrogen-bond donors (Lipinski definition) is 2. The summed E-state index contributed by atoms with van der Waals surface area (Å²) in [5, 5.41) is 6.62. The Morgan fingerprint density at radius 2 is 2.21 bits per heavy atom. The third-order valence-electron chi connectivity index (χ3n) is 2.26. The quantitative estimate of drug-likeness (QED) is 0.595. The van der Waals surface area contributed by atoms with Gasteiger partial charge in [0.05, 0.1) is 12.0 Å². The van der Waals surface area contributed by atoms with Crippen LogP contribution in [0.3, 0.4) is 0 Å². The topological polar surface area (TPSA) is 83.5 Å². The monoisotopic (exact) mass is 262 g/mol. The first-order valence-electron chi connectivity index (χ1n) is 6.13. The van der Waals surface area contributed by atoms with E-state index < -0.39 is 0 Å². The SMILES string of the molecule is CCCNC(=O)CC(C)=NNC(=O)c1cccnc1. The van der Waals surface area contributed by atoms with Gasteiger partial charge in [-0.2, -0.15) is 5.10 Å². The van der Waals surface area contributed by atoms with Crippen LogP contribution in [0.2, 0.25) is 0 Å². The van der Waals surface area contributed by atoms with Gasteiger partial charge in [-0.3, -0.25) is 14.6 Å². The number of nitrogens with zero attached hydrogens (tertiary/aromatic N) is 2. The zero-order valence-electron chi connectivity index (χ0n) is 11.1. The molecule has 1 heterocycles. The predicted octanol–water partition coefficient (Wildman–Crippen LogP) is 1.10. The lowest BCUT2D eigenvalue weighted by Gasteiger charge is -2.04. The number of nitrogens with one attached hydrogen (secondary N) is 2. The van der Waals surface area contributed by atoms with E-state index in [0.717, 1.165) is 6.42 Å². The second-order valence-electron chi connectivity index (χ2n) is 4.06. The van der Waals surface area contributed by atoms with Crippen LogP contribution < -0.4 is 10.7 Å². The highest BCUT2D eigenvalue weighted by Crippen LogP contribution is 1.95. The molecule has 0 aliphatic carbocycles. The molecule has 0 fully saturated rings. The molecule has 2 amide bonds. The summed E-state index contributed by atoms with van der Waals surface area (Å²) in [4.78, 5) is 26.9. The Kier molecular flexibility index (Phi) is 6.21. The number of rotatable bonds is 6. The van der Waals surface area contributed by atoms with Gasteiger partial charge in [-0.15, -0.1) is 0 Å². The number of hydrazone groups is 1. The third-order valence-corrected chi connectivity index (χ3v) is 2.26. The van der Waals surface area contributed by atoms with Gasteiger partial charge in [0, 0.05) is 24.7 Å². The maximum absolute atomic E-state index is 11.6. The minimum absolute atomic E-state index is 0.0984. The molecule has 0 spiro atoms. The van der Waals surface area contributed by atoms with Gasteiger partial charge in [0.15, 0.2) is 0 Å². The third kappa shape index (κ3) is 5.76. The van der Waals surface area contributed by atoms with Crippen LogP contribution in [-0.2, 0) is 4.79 Å². The van der Waals surface area contributed by atoms with Gasteiger partial charge in [-0.05, 0) is 25.5 Å². The minimum Gasteiger partial charge on any atom is -0.356 e. The van der Waals surface area contributed by atoms with Gasteiger partial charge in [0.2, 0.25) is 5.91 Å². The van der Waals surface area contributed by atoms with Crippen molar-refractivity contribution in [3.8, 4) is 0 Å². The van der Waals surface area contributed by atoms with Gasteiger partial charge < -0.3 is 5.32 Å². The highest BCUT2D eigenvalue weighted by Gasteiger charge is 2.05. The van der Waals surface area contributed by atoms with Crippen LogP contribution in [0.4, 0.5) is 0 Å². The lowest BCUT2D eigenvalue weighted by molar-refractivity contribution is -0.119. The molecule has 2 N–H and O–H groups in total. The normalized spacial score (nSPS) is 10.9. The second-order valence-corrected chi connectivity index (χ2v) is 4.06. The first-order chi connectivity index (χ1) is 9.13. The van der Waals surface area contributed by atoms with Crippen LogP contribution >= 0.6 is 0 Å². The molecule has 0 radical (unpaired) electrons. The Bertz CT molecular complexity index is 457. The van der Waals surface area contributed by atoms with Gasteiger partial charge >= 0.3 is 0 Å². The lowest BCUT2D eigenvalue weighted by Crippen LogP contribution is -2.27. The molecule has 0 saturated carbocycles. The van der Waals surface area contributed by atoms with Crippen LogP contribution in [0.5, 0.6) is 0 Å². The fraction of sp³-hybridized carbons (Fsp3) is 0.385. The summed E-state index contributed by atoms with van der Waals surface area (Å²) < 4.78 is 0. The van der Waals surface area contributed by atoms with Crippen molar-refractivity contribution in [2.45, 2.75) is 26.7 Å². The van der Waals surface area contributed by atoms with Crippen LogP contribution in [0.25, 0.3) is 0 Å². The zero-order valence-corrected chi connectivity index (χ0v) is 11.1. The van der Waals surface area contributed by atoms with Gasteiger partial charge in [0.25, 0.3) is 5.91 Å². The predicted molar refractivity (Wildman–Crippen MR) is 72.7 cm³/mol. The molecule has 0 atom stereocenters. The van der Waals surface area contributed by atoms with Crippen LogP contribution in [-0.4, -0.2) is 29.1 Å². The maximum atomic E-state index is 11.6. The molecule has 19 heavy (non-hydrogen) atoms. The largest absolute Gasteiger partial charge is 0.356 e. The van der Waals surface area contributed by atoms with E-state index in [1.807, 2.05) is 6.92 Å². The Morgan fingerprint density at radius 3 is 2.84 bits per heavy atom.